The van der Waals surface area contributed by atoms with Gasteiger partial charge in [-0.2, -0.15) is 0 Å². The maximum Gasteiger partial charge on any atom is 0.150 e. The minimum atomic E-state index is 0.798. The van der Waals surface area contributed by atoms with Crippen LogP contribution in [-0.2, 0) is 4.79 Å². The molecule has 0 aromatic heterocycles. The molecule has 0 aliphatic carbocycles. The van der Waals surface area contributed by atoms with Gasteiger partial charge in [-0.3, -0.25) is 4.79 Å². The van der Waals surface area contributed by atoms with Crippen molar-refractivity contribution in [3.63, 3.8) is 0 Å². The fourth-order valence-corrected chi connectivity index (χ4v) is 1.28. The van der Waals surface area contributed by atoms with Gasteiger partial charge in [-0.15, -0.1) is 0 Å². The minimum Gasteiger partial charge on any atom is -0.298 e. The van der Waals surface area contributed by atoms with Crippen molar-refractivity contribution in [1.82, 2.24) is 0 Å². The molecule has 0 saturated heterocycles. The molecule has 1 aromatic carbocycles. The average molecular weight is 188 g/mol. The third-order valence-electron chi connectivity index (χ3n) is 2.16. The van der Waals surface area contributed by atoms with Gasteiger partial charge in [0.1, 0.15) is 6.29 Å². The fourth-order valence-electron chi connectivity index (χ4n) is 1.28. The van der Waals surface area contributed by atoms with Gasteiger partial charge in [0.15, 0.2) is 0 Å². The predicted octanol–water partition coefficient (Wildman–Crippen LogP) is 3.38. The second kappa shape index (κ2) is 5.38. The Hall–Kier alpha value is -1.37. The summed E-state index contributed by atoms with van der Waals surface area (Å²) in [4.78, 5) is 10.8. The number of carbonyl (C=O) groups excluding carboxylic acids is 1. The van der Waals surface area contributed by atoms with Gasteiger partial charge in [0.25, 0.3) is 0 Å². The first-order chi connectivity index (χ1) is 6.77. The van der Waals surface area contributed by atoms with E-state index >= 15 is 0 Å². The normalized spacial score (nSPS) is 11.4. The van der Waals surface area contributed by atoms with Gasteiger partial charge in [-0.25, -0.2) is 0 Å². The first kappa shape index (κ1) is 10.7. The second-order valence-corrected chi connectivity index (χ2v) is 3.43. The van der Waals surface area contributed by atoms with Gasteiger partial charge < -0.3 is 0 Å². The van der Waals surface area contributed by atoms with Crippen molar-refractivity contribution in [1.29, 1.82) is 0 Å². The van der Waals surface area contributed by atoms with Crippen molar-refractivity contribution in [2.45, 2.75) is 26.7 Å². The van der Waals surface area contributed by atoms with Crippen molar-refractivity contribution in [2.75, 3.05) is 0 Å². The highest BCUT2D eigenvalue weighted by atomic mass is 16.1. The van der Waals surface area contributed by atoms with E-state index in [4.69, 9.17) is 0 Å². The lowest BCUT2D eigenvalue weighted by Gasteiger charge is -2.00. The van der Waals surface area contributed by atoms with Crippen molar-refractivity contribution in [3.8, 4) is 0 Å². The Kier molecular flexibility index (Phi) is 4.11. The van der Waals surface area contributed by atoms with Gasteiger partial charge in [0, 0.05) is 5.57 Å². The Morgan fingerprint density at radius 1 is 1.29 bits per heavy atom. The van der Waals surface area contributed by atoms with E-state index < -0.39 is 0 Å². The molecule has 1 nitrogen and oxygen atoms in total. The van der Waals surface area contributed by atoms with Gasteiger partial charge in [0.05, 0.1) is 0 Å². The molecule has 0 bridgehead atoms. The molecule has 1 aromatic rings. The summed E-state index contributed by atoms with van der Waals surface area (Å²) in [6, 6.07) is 8.04. The third-order valence-corrected chi connectivity index (χ3v) is 2.16. The molecule has 0 atom stereocenters. The zero-order chi connectivity index (χ0) is 10.4. The van der Waals surface area contributed by atoms with Gasteiger partial charge in [0.2, 0.25) is 0 Å². The van der Waals surface area contributed by atoms with Crippen molar-refractivity contribution >= 4 is 11.9 Å². The molecular weight excluding hydrogens is 172 g/mol. The van der Waals surface area contributed by atoms with E-state index in [0.717, 1.165) is 30.3 Å². The molecule has 0 heterocycles. The molecule has 1 rings (SSSR count). The third kappa shape index (κ3) is 2.84. The van der Waals surface area contributed by atoms with Crippen molar-refractivity contribution in [3.05, 3.63) is 41.5 Å². The zero-order valence-electron chi connectivity index (χ0n) is 8.79. The number of aryl methyl sites for hydroxylation is 1. The molecule has 14 heavy (non-hydrogen) atoms. The number of unbranched alkanes of at least 4 members (excludes halogenated alkanes) is 1. The number of hydrogen-bond donors (Lipinski definition) is 0. The molecular formula is C13H16O. The maximum absolute atomic E-state index is 10.8. The number of allylic oxidation sites excluding steroid dienone is 2. The molecule has 74 valence electrons. The van der Waals surface area contributed by atoms with Crippen LogP contribution in [0.2, 0.25) is 0 Å². The fraction of sp³-hybridized carbons (Fsp3) is 0.308. The molecule has 0 N–H and O–H groups in total. The smallest absolute Gasteiger partial charge is 0.150 e. The Morgan fingerprint density at radius 2 is 1.93 bits per heavy atom. The molecule has 0 spiro atoms. The summed E-state index contributed by atoms with van der Waals surface area (Å²) in [5.41, 5.74) is 3.03. The molecule has 0 aliphatic heterocycles. The van der Waals surface area contributed by atoms with Crippen LogP contribution < -0.4 is 0 Å². The summed E-state index contributed by atoms with van der Waals surface area (Å²) in [5, 5.41) is 0. The quantitative estimate of drug-likeness (QED) is 0.523. The molecule has 0 aliphatic rings. The van der Waals surface area contributed by atoms with Gasteiger partial charge in [-0.05, 0) is 18.9 Å². The largest absolute Gasteiger partial charge is 0.298 e. The van der Waals surface area contributed by atoms with E-state index in [-0.39, 0.29) is 0 Å². The summed E-state index contributed by atoms with van der Waals surface area (Å²) in [5.74, 6) is 0. The molecule has 0 amide bonds. The van der Waals surface area contributed by atoms with Crippen LogP contribution in [-0.4, -0.2) is 6.29 Å². The van der Waals surface area contributed by atoms with E-state index in [1.54, 1.807) is 0 Å². The highest BCUT2D eigenvalue weighted by molar-refractivity contribution is 6.06. The first-order valence-electron chi connectivity index (χ1n) is 5.00. The zero-order valence-corrected chi connectivity index (χ0v) is 8.79. The van der Waals surface area contributed by atoms with Gasteiger partial charge in [-0.1, -0.05) is 49.2 Å². The summed E-state index contributed by atoms with van der Waals surface area (Å²) in [7, 11) is 0. The van der Waals surface area contributed by atoms with Crippen molar-refractivity contribution in [2.24, 2.45) is 0 Å². The van der Waals surface area contributed by atoms with E-state index in [1.165, 1.54) is 5.56 Å². The second-order valence-electron chi connectivity index (χ2n) is 3.43. The topological polar surface area (TPSA) is 17.1 Å². The van der Waals surface area contributed by atoms with Crippen LogP contribution in [0.5, 0.6) is 0 Å². The lowest BCUT2D eigenvalue weighted by atomic mass is 10.0. The summed E-state index contributed by atoms with van der Waals surface area (Å²) >= 11 is 0. The Bertz CT molecular complexity index is 320. The highest BCUT2D eigenvalue weighted by Gasteiger charge is 1.98. The Labute approximate surface area is 85.5 Å². The predicted molar refractivity (Wildman–Crippen MR) is 60.1 cm³/mol. The van der Waals surface area contributed by atoms with Crippen LogP contribution in [0.25, 0.3) is 5.57 Å². The number of rotatable bonds is 4. The Balaban J connectivity index is 2.89. The van der Waals surface area contributed by atoms with E-state index in [0.29, 0.717) is 0 Å². The maximum atomic E-state index is 10.8. The lowest BCUT2D eigenvalue weighted by Crippen LogP contribution is -1.86. The standard InChI is InChI=1S/C13H16O/c1-3-4-5-13(10-14)12-8-6-11(2)7-9-12/h5-10H,3-4H2,1-2H3/b13-5-. The summed E-state index contributed by atoms with van der Waals surface area (Å²) in [6.07, 6.45) is 4.96. The van der Waals surface area contributed by atoms with Crippen LogP contribution in [0.4, 0.5) is 0 Å². The average Bonchev–Trinajstić information content (AvgIpc) is 2.21. The monoisotopic (exact) mass is 188 g/mol. The SMILES string of the molecule is CCC/C=C(/C=O)c1ccc(C)cc1. The minimum absolute atomic E-state index is 0.798. The number of benzene rings is 1. The van der Waals surface area contributed by atoms with E-state index in [9.17, 15) is 4.79 Å². The van der Waals surface area contributed by atoms with Crippen molar-refractivity contribution < 1.29 is 4.79 Å². The molecule has 0 radical (unpaired) electrons. The summed E-state index contributed by atoms with van der Waals surface area (Å²) < 4.78 is 0. The molecule has 0 fully saturated rings. The van der Waals surface area contributed by atoms with E-state index in [1.807, 2.05) is 37.3 Å². The summed E-state index contributed by atoms with van der Waals surface area (Å²) in [6.45, 7) is 4.15. The van der Waals surface area contributed by atoms with Crippen LogP contribution in [0, 0.1) is 6.92 Å². The van der Waals surface area contributed by atoms with E-state index in [2.05, 4.69) is 6.92 Å². The lowest BCUT2D eigenvalue weighted by molar-refractivity contribution is -0.103. The molecule has 0 unspecified atom stereocenters. The number of carbonyl (C=O) groups is 1. The Morgan fingerprint density at radius 3 is 2.43 bits per heavy atom. The van der Waals surface area contributed by atoms with Crippen LogP contribution >= 0.6 is 0 Å². The number of hydrogen-bond acceptors (Lipinski definition) is 1. The van der Waals surface area contributed by atoms with Crippen LogP contribution in [0.3, 0.4) is 0 Å². The number of aldehydes is 1. The van der Waals surface area contributed by atoms with Crippen LogP contribution in [0.15, 0.2) is 30.3 Å². The van der Waals surface area contributed by atoms with Crippen LogP contribution in [0.1, 0.15) is 30.9 Å². The molecule has 0 saturated carbocycles. The first-order valence-corrected chi connectivity index (χ1v) is 5.00. The van der Waals surface area contributed by atoms with Gasteiger partial charge >= 0.3 is 0 Å². The molecule has 1 heteroatoms. The highest BCUT2D eigenvalue weighted by Crippen LogP contribution is 2.14.